The van der Waals surface area contributed by atoms with Gasteiger partial charge >= 0.3 is 5.97 Å². The lowest BCUT2D eigenvalue weighted by Gasteiger charge is -2.13. The van der Waals surface area contributed by atoms with Crippen LogP contribution >= 0.6 is 0 Å². The van der Waals surface area contributed by atoms with Crippen molar-refractivity contribution >= 4 is 11.8 Å². The van der Waals surface area contributed by atoms with Crippen LogP contribution < -0.4 is 0 Å². The van der Waals surface area contributed by atoms with Gasteiger partial charge in [-0.15, -0.1) is 0 Å². The number of ether oxygens (including phenoxy) is 1. The number of hydrogen-bond acceptors (Lipinski definition) is 4. The minimum atomic E-state index is -0.636. The zero-order valence-electron chi connectivity index (χ0n) is 10.9. The van der Waals surface area contributed by atoms with Gasteiger partial charge in [0.15, 0.2) is 5.78 Å². The van der Waals surface area contributed by atoms with E-state index >= 15 is 0 Å². The molecule has 1 rings (SSSR count). The number of carbonyl (C=O) groups excluding carboxylic acids is 2. The first kappa shape index (κ1) is 14.4. The summed E-state index contributed by atoms with van der Waals surface area (Å²) in [6.07, 6.45) is 5.90. The minimum Gasteiger partial charge on any atom is -0.468 e. The van der Waals surface area contributed by atoms with Gasteiger partial charge in [0.1, 0.15) is 5.92 Å². The van der Waals surface area contributed by atoms with Crippen molar-refractivity contribution in [3.05, 3.63) is 30.1 Å². The average Bonchev–Trinajstić information content (AvgIpc) is 2.40. The molecule has 1 heterocycles. The smallest absolute Gasteiger partial charge is 0.316 e. The summed E-state index contributed by atoms with van der Waals surface area (Å²) in [6, 6.07) is 3.57. The lowest BCUT2D eigenvalue weighted by Crippen LogP contribution is -2.26. The maximum absolute atomic E-state index is 12.1. The first-order valence-corrected chi connectivity index (χ1v) is 6.18. The van der Waals surface area contributed by atoms with Crippen molar-refractivity contribution < 1.29 is 14.3 Å². The second-order valence-electron chi connectivity index (χ2n) is 4.22. The van der Waals surface area contributed by atoms with Crippen LogP contribution in [-0.4, -0.2) is 23.8 Å². The Hall–Kier alpha value is -1.71. The van der Waals surface area contributed by atoms with Crippen LogP contribution in [0.25, 0.3) is 0 Å². The van der Waals surface area contributed by atoms with Crippen LogP contribution in [0.1, 0.15) is 31.7 Å². The number of methoxy groups -OCH3 is 1. The van der Waals surface area contributed by atoms with E-state index < -0.39 is 11.9 Å². The zero-order chi connectivity index (χ0) is 13.4. The Balaban J connectivity index is 2.67. The normalized spacial score (nSPS) is 11.9. The summed E-state index contributed by atoms with van der Waals surface area (Å²) < 4.78 is 4.70. The number of pyridine rings is 1. The zero-order valence-corrected chi connectivity index (χ0v) is 10.9. The lowest BCUT2D eigenvalue weighted by atomic mass is 9.93. The molecule has 0 aliphatic heterocycles. The second-order valence-corrected chi connectivity index (χ2v) is 4.22. The van der Waals surface area contributed by atoms with Gasteiger partial charge in [-0.05, 0) is 24.1 Å². The topological polar surface area (TPSA) is 56.3 Å². The summed E-state index contributed by atoms with van der Waals surface area (Å²) in [6.45, 7) is 2.03. The number of Topliss-reactive ketones (excluding diaryl/α,β-unsaturated/α-hetero) is 1. The largest absolute Gasteiger partial charge is 0.468 e. The molecule has 0 amide bonds. The first-order chi connectivity index (χ1) is 8.69. The Morgan fingerprint density at radius 3 is 2.56 bits per heavy atom. The molecule has 0 aliphatic carbocycles. The predicted octanol–water partition coefficient (Wildman–Crippen LogP) is 2.17. The summed E-state index contributed by atoms with van der Waals surface area (Å²) in [4.78, 5) is 27.6. The minimum absolute atomic E-state index is 0.0819. The molecule has 0 saturated carbocycles. The summed E-state index contributed by atoms with van der Waals surface area (Å²) in [7, 11) is 1.32. The first-order valence-electron chi connectivity index (χ1n) is 6.18. The highest BCUT2D eigenvalue weighted by molar-refractivity contribution is 5.99. The third-order valence-electron chi connectivity index (χ3n) is 2.85. The molecule has 1 aromatic rings. The molecule has 18 heavy (non-hydrogen) atoms. The Kier molecular flexibility index (Phi) is 6.05. The molecule has 4 nitrogen and oxygen atoms in total. The molecule has 98 valence electrons. The van der Waals surface area contributed by atoms with E-state index in [4.69, 9.17) is 4.74 Å². The molecule has 0 bridgehead atoms. The SMILES string of the molecule is CCCCC(C(=O)Cc1ccncc1)C(=O)OC. The highest BCUT2D eigenvalue weighted by Gasteiger charge is 2.26. The van der Waals surface area contributed by atoms with Crippen molar-refractivity contribution in [3.8, 4) is 0 Å². The summed E-state index contributed by atoms with van der Waals surface area (Å²) in [5.41, 5.74) is 0.875. The van der Waals surface area contributed by atoms with Gasteiger partial charge in [-0.2, -0.15) is 0 Å². The van der Waals surface area contributed by atoms with E-state index in [-0.39, 0.29) is 12.2 Å². The molecule has 0 spiro atoms. The maximum atomic E-state index is 12.1. The van der Waals surface area contributed by atoms with E-state index in [1.807, 2.05) is 6.92 Å². The van der Waals surface area contributed by atoms with Gasteiger partial charge < -0.3 is 4.74 Å². The van der Waals surface area contributed by atoms with Gasteiger partial charge in [0.2, 0.25) is 0 Å². The molecular weight excluding hydrogens is 230 g/mol. The maximum Gasteiger partial charge on any atom is 0.316 e. The molecule has 4 heteroatoms. The fourth-order valence-corrected chi connectivity index (χ4v) is 1.79. The standard InChI is InChI=1S/C14H19NO3/c1-3-4-5-12(14(17)18-2)13(16)10-11-6-8-15-9-7-11/h6-9,12H,3-5,10H2,1-2H3. The molecule has 0 fully saturated rings. The van der Waals surface area contributed by atoms with Crippen LogP contribution in [0.2, 0.25) is 0 Å². The monoisotopic (exact) mass is 249 g/mol. The Labute approximate surface area is 107 Å². The molecular formula is C14H19NO3. The number of carbonyl (C=O) groups is 2. The van der Waals surface area contributed by atoms with Crippen LogP contribution in [0.3, 0.4) is 0 Å². The van der Waals surface area contributed by atoms with E-state index in [0.717, 1.165) is 18.4 Å². The number of unbranched alkanes of at least 4 members (excludes halogenated alkanes) is 1. The van der Waals surface area contributed by atoms with E-state index in [2.05, 4.69) is 4.98 Å². The summed E-state index contributed by atoms with van der Waals surface area (Å²) in [5.74, 6) is -1.15. The van der Waals surface area contributed by atoms with E-state index in [0.29, 0.717) is 6.42 Å². The van der Waals surface area contributed by atoms with Crippen LogP contribution in [0, 0.1) is 5.92 Å². The van der Waals surface area contributed by atoms with Crippen molar-refractivity contribution in [2.75, 3.05) is 7.11 Å². The number of hydrogen-bond donors (Lipinski definition) is 0. The molecule has 1 atom stereocenters. The Bertz CT molecular complexity index is 389. The van der Waals surface area contributed by atoms with Gasteiger partial charge in [-0.25, -0.2) is 0 Å². The third kappa shape index (κ3) is 4.28. The average molecular weight is 249 g/mol. The summed E-state index contributed by atoms with van der Waals surface area (Å²) in [5, 5.41) is 0. The Morgan fingerprint density at radius 2 is 2.00 bits per heavy atom. The van der Waals surface area contributed by atoms with Crippen molar-refractivity contribution in [2.24, 2.45) is 5.92 Å². The molecule has 0 saturated heterocycles. The third-order valence-corrected chi connectivity index (χ3v) is 2.85. The van der Waals surface area contributed by atoms with Crippen molar-refractivity contribution in [3.63, 3.8) is 0 Å². The van der Waals surface area contributed by atoms with Gasteiger partial charge in [0.05, 0.1) is 7.11 Å². The number of esters is 1. The van der Waals surface area contributed by atoms with Crippen molar-refractivity contribution in [2.45, 2.75) is 32.6 Å². The molecule has 0 aliphatic rings. The number of aromatic nitrogens is 1. The number of rotatable bonds is 7. The van der Waals surface area contributed by atoms with Crippen LogP contribution in [0.5, 0.6) is 0 Å². The highest BCUT2D eigenvalue weighted by atomic mass is 16.5. The van der Waals surface area contributed by atoms with Gasteiger partial charge in [0.25, 0.3) is 0 Å². The number of nitrogens with zero attached hydrogens (tertiary/aromatic N) is 1. The molecule has 1 unspecified atom stereocenters. The van der Waals surface area contributed by atoms with Crippen LogP contribution in [0.4, 0.5) is 0 Å². The van der Waals surface area contributed by atoms with E-state index in [9.17, 15) is 9.59 Å². The van der Waals surface area contributed by atoms with E-state index in [1.54, 1.807) is 24.5 Å². The fraction of sp³-hybridized carbons (Fsp3) is 0.500. The van der Waals surface area contributed by atoms with Crippen molar-refractivity contribution in [1.82, 2.24) is 4.98 Å². The Morgan fingerprint density at radius 1 is 1.33 bits per heavy atom. The molecule has 0 radical (unpaired) electrons. The van der Waals surface area contributed by atoms with Crippen molar-refractivity contribution in [1.29, 1.82) is 0 Å². The van der Waals surface area contributed by atoms with Gasteiger partial charge in [0, 0.05) is 18.8 Å². The highest BCUT2D eigenvalue weighted by Crippen LogP contribution is 2.14. The fourth-order valence-electron chi connectivity index (χ4n) is 1.79. The molecule has 1 aromatic heterocycles. The molecule has 0 N–H and O–H groups in total. The summed E-state index contributed by atoms with van der Waals surface area (Å²) >= 11 is 0. The van der Waals surface area contributed by atoms with Crippen LogP contribution in [-0.2, 0) is 20.7 Å². The van der Waals surface area contributed by atoms with Crippen LogP contribution in [0.15, 0.2) is 24.5 Å². The van der Waals surface area contributed by atoms with Gasteiger partial charge in [-0.1, -0.05) is 19.8 Å². The quantitative estimate of drug-likeness (QED) is 0.549. The lowest BCUT2D eigenvalue weighted by molar-refractivity contribution is -0.149. The molecule has 0 aromatic carbocycles. The van der Waals surface area contributed by atoms with E-state index in [1.165, 1.54) is 7.11 Å². The predicted molar refractivity (Wildman–Crippen MR) is 68.0 cm³/mol. The van der Waals surface area contributed by atoms with Gasteiger partial charge in [-0.3, -0.25) is 14.6 Å². The second kappa shape index (κ2) is 7.58. The number of ketones is 1.